The van der Waals surface area contributed by atoms with E-state index in [4.69, 9.17) is 0 Å². The van der Waals surface area contributed by atoms with Crippen molar-refractivity contribution in [3.05, 3.63) is 35.1 Å². The average Bonchev–Trinajstić information content (AvgIpc) is 2.35. The highest BCUT2D eigenvalue weighted by molar-refractivity contribution is 5.98. The van der Waals surface area contributed by atoms with Gasteiger partial charge in [-0.15, -0.1) is 0 Å². The van der Waals surface area contributed by atoms with E-state index in [1.54, 1.807) is 0 Å². The number of rotatable bonds is 8. The molecule has 7 heteroatoms. The number of unbranched alkanes of at least 4 members (excludes halogenated alkanes) is 3. The molecule has 0 amide bonds. The maximum atomic E-state index is 13.3. The van der Waals surface area contributed by atoms with Crippen molar-refractivity contribution in [2.45, 2.75) is 44.5 Å². The minimum Gasteiger partial charge on any atom is -0.381 e. The van der Waals surface area contributed by atoms with Gasteiger partial charge in [-0.05, 0) is 19.3 Å². The van der Waals surface area contributed by atoms with Crippen LogP contribution in [0.5, 0.6) is 0 Å². The van der Waals surface area contributed by atoms with Gasteiger partial charge in [0, 0.05) is 24.1 Å². The summed E-state index contributed by atoms with van der Waals surface area (Å²) in [5.41, 5.74) is -0.104. The van der Waals surface area contributed by atoms with Crippen LogP contribution in [-0.2, 0) is 10.8 Å². The highest BCUT2D eigenvalue weighted by atomic mass is 28.2. The molecule has 0 aliphatic rings. The number of halogens is 3. The summed E-state index contributed by atoms with van der Waals surface area (Å²) in [4.78, 5) is 0. The fourth-order valence-electron chi connectivity index (χ4n) is 1.92. The Hall–Kier alpha value is -0.893. The third-order valence-corrected chi connectivity index (χ3v) is 3.77. The Kier molecular flexibility index (Phi) is 6.67. The molecule has 20 heavy (non-hydrogen) atoms. The van der Waals surface area contributed by atoms with Crippen LogP contribution in [0, 0.1) is 17.5 Å². The zero-order chi connectivity index (χ0) is 15.2. The van der Waals surface area contributed by atoms with Crippen LogP contribution in [0.15, 0.2) is 12.1 Å². The molecule has 0 aliphatic heterocycles. The van der Waals surface area contributed by atoms with Crippen LogP contribution in [0.2, 0.25) is 0 Å². The van der Waals surface area contributed by atoms with Gasteiger partial charge in [0.05, 0.1) is 0 Å². The zero-order valence-corrected chi connectivity index (χ0v) is 13.3. The van der Waals surface area contributed by atoms with Crippen molar-refractivity contribution in [3.63, 3.8) is 0 Å². The minimum atomic E-state index is -2.05. The fourth-order valence-corrected chi connectivity index (χ4v) is 2.13. The van der Waals surface area contributed by atoms with Gasteiger partial charge in [-0.1, -0.05) is 12.8 Å². The van der Waals surface area contributed by atoms with Crippen LogP contribution >= 0.6 is 0 Å². The van der Waals surface area contributed by atoms with E-state index in [0.717, 1.165) is 0 Å². The molecule has 1 aromatic rings. The molecule has 0 fully saturated rings. The molecule has 0 radical (unpaired) electrons. The van der Waals surface area contributed by atoms with Crippen LogP contribution in [0.25, 0.3) is 0 Å². The first-order valence-corrected chi connectivity index (χ1v) is 7.30. The van der Waals surface area contributed by atoms with Crippen molar-refractivity contribution < 1.29 is 27.8 Å². The first-order valence-electron chi connectivity index (χ1n) is 6.49. The average molecular weight is 308 g/mol. The summed E-state index contributed by atoms with van der Waals surface area (Å²) in [7, 11) is 0.233. The summed E-state index contributed by atoms with van der Waals surface area (Å²) in [6.07, 6.45) is 2.77. The molecule has 0 heterocycles. The van der Waals surface area contributed by atoms with Crippen LogP contribution in [0.3, 0.4) is 0 Å². The Morgan fingerprint density at radius 3 is 2.10 bits per heavy atom. The largest absolute Gasteiger partial charge is 0.381 e. The lowest BCUT2D eigenvalue weighted by Gasteiger charge is -2.19. The Balaban J connectivity index is 2.29. The zero-order valence-electron chi connectivity index (χ0n) is 11.3. The molecular formula is C13H19F3O3Si. The van der Waals surface area contributed by atoms with Gasteiger partial charge >= 0.3 is 0 Å². The smallest absolute Gasteiger partial charge is 0.267 e. The van der Waals surface area contributed by atoms with Crippen molar-refractivity contribution in [3.8, 4) is 0 Å². The summed E-state index contributed by atoms with van der Waals surface area (Å²) in [6, 6.07) is 1.35. The molecule has 0 unspecified atom stereocenters. The lowest BCUT2D eigenvalue weighted by atomic mass is 10.0. The Morgan fingerprint density at radius 1 is 1.00 bits per heavy atom. The molecule has 1 rings (SSSR count). The first kappa shape index (κ1) is 17.2. The Labute approximate surface area is 118 Å². The lowest BCUT2D eigenvalue weighted by molar-refractivity contribution is -0.295. The van der Waals surface area contributed by atoms with E-state index >= 15 is 0 Å². The van der Waals surface area contributed by atoms with Gasteiger partial charge in [0.2, 0.25) is 0 Å². The lowest BCUT2D eigenvalue weighted by Crippen LogP contribution is -2.30. The molecule has 3 nitrogen and oxygen atoms in total. The van der Waals surface area contributed by atoms with Gasteiger partial charge in [0.15, 0.2) is 10.5 Å². The van der Waals surface area contributed by atoms with E-state index in [1.807, 2.05) is 0 Å². The summed E-state index contributed by atoms with van der Waals surface area (Å²) < 4.78 is 43.9. The van der Waals surface area contributed by atoms with Crippen LogP contribution < -0.4 is 0 Å². The summed E-state index contributed by atoms with van der Waals surface area (Å²) in [5.74, 6) is -4.70. The molecule has 1 aromatic carbocycles. The summed E-state index contributed by atoms with van der Waals surface area (Å²) in [6.45, 7) is 0. The quantitative estimate of drug-likeness (QED) is 0.435. The molecule has 114 valence electrons. The van der Waals surface area contributed by atoms with Gasteiger partial charge in [0.1, 0.15) is 17.5 Å². The Morgan fingerprint density at radius 2 is 1.55 bits per heavy atom. The molecular weight excluding hydrogens is 289 g/mol. The maximum absolute atomic E-state index is 13.3. The van der Waals surface area contributed by atoms with Crippen molar-refractivity contribution in [1.82, 2.24) is 0 Å². The highest BCUT2D eigenvalue weighted by Gasteiger charge is 2.20. The number of hydrogen-bond donors (Lipinski definition) is 2. The number of aliphatic hydroxyl groups is 2. The van der Waals surface area contributed by atoms with Crippen molar-refractivity contribution >= 4 is 10.5 Å². The molecule has 0 bridgehead atoms. The predicted molar refractivity (Wildman–Crippen MR) is 71.3 cm³/mol. The van der Waals surface area contributed by atoms with E-state index in [1.165, 1.54) is 0 Å². The van der Waals surface area contributed by atoms with Gasteiger partial charge in [-0.25, -0.2) is 13.2 Å². The third-order valence-electron chi connectivity index (χ3n) is 3.11. The second kappa shape index (κ2) is 7.77. The van der Waals surface area contributed by atoms with Crippen LogP contribution in [0.1, 0.15) is 37.7 Å². The molecule has 0 aromatic heterocycles. The van der Waals surface area contributed by atoms with Gasteiger partial charge in [-0.2, -0.15) is 0 Å². The van der Waals surface area contributed by atoms with Crippen molar-refractivity contribution in [2.24, 2.45) is 0 Å². The normalized spacial score (nSPS) is 12.1. The van der Waals surface area contributed by atoms with Crippen molar-refractivity contribution in [2.75, 3.05) is 0 Å². The number of hydrogen-bond acceptors (Lipinski definition) is 3. The van der Waals surface area contributed by atoms with Crippen LogP contribution in [-0.4, -0.2) is 26.7 Å². The fraction of sp³-hybridized carbons (Fsp3) is 0.538. The van der Waals surface area contributed by atoms with E-state index in [-0.39, 0.29) is 28.9 Å². The van der Waals surface area contributed by atoms with Crippen molar-refractivity contribution in [1.29, 1.82) is 0 Å². The second-order valence-corrected chi connectivity index (χ2v) is 5.12. The molecule has 0 spiro atoms. The second-order valence-electron chi connectivity index (χ2n) is 4.71. The molecule has 0 atom stereocenters. The monoisotopic (exact) mass is 308 g/mol. The summed E-state index contributed by atoms with van der Waals surface area (Å²) in [5, 5.41) is 18.4. The van der Waals surface area contributed by atoms with Crippen LogP contribution in [0.4, 0.5) is 13.2 Å². The molecule has 0 aliphatic carbocycles. The predicted octanol–water partition coefficient (Wildman–Crippen LogP) is 1.53. The van der Waals surface area contributed by atoms with E-state index in [0.29, 0.717) is 37.8 Å². The minimum absolute atomic E-state index is 0.104. The molecule has 0 saturated heterocycles. The first-order chi connectivity index (χ1) is 9.35. The third kappa shape index (κ3) is 5.62. The summed E-state index contributed by atoms with van der Waals surface area (Å²) >= 11 is 0. The standard InChI is InChI=1S/C13H19F3O3Si/c14-9-7-11(15)10(12(16)8-9)5-3-1-2-4-6-13(17,18)19-20/h7-8,17-18H,1-6H2,20H3. The Bertz CT molecular complexity index is 418. The van der Waals surface area contributed by atoms with E-state index in [2.05, 4.69) is 4.43 Å². The van der Waals surface area contributed by atoms with Gasteiger partial charge < -0.3 is 14.6 Å². The topological polar surface area (TPSA) is 49.7 Å². The SMILES string of the molecule is OC(O)(CCCCCCc1c(F)cc(F)cc1F)O[SiH3]. The van der Waals surface area contributed by atoms with Gasteiger partial charge in [-0.3, -0.25) is 0 Å². The highest BCUT2D eigenvalue weighted by Crippen LogP contribution is 2.19. The van der Waals surface area contributed by atoms with E-state index in [9.17, 15) is 23.4 Å². The van der Waals surface area contributed by atoms with Gasteiger partial charge in [0.25, 0.3) is 5.97 Å². The number of benzene rings is 1. The maximum Gasteiger partial charge on any atom is 0.267 e. The molecule has 2 N–H and O–H groups in total. The molecule has 0 saturated carbocycles. The van der Waals surface area contributed by atoms with E-state index < -0.39 is 23.4 Å².